The van der Waals surface area contributed by atoms with Crippen molar-refractivity contribution in [2.45, 2.75) is 19.0 Å². The number of nitrogens with zero attached hydrogens (tertiary/aromatic N) is 3. The van der Waals surface area contributed by atoms with Crippen molar-refractivity contribution in [2.24, 2.45) is 10.9 Å². The van der Waals surface area contributed by atoms with E-state index in [9.17, 15) is 18.0 Å². The van der Waals surface area contributed by atoms with Gasteiger partial charge in [0.05, 0.1) is 12.9 Å². The Morgan fingerprint density at radius 2 is 2.15 bits per heavy atom. The number of carbonyl (C=O) groups is 1. The maximum Gasteiger partial charge on any atom is 1.00 e. The van der Waals surface area contributed by atoms with Gasteiger partial charge in [-0.25, -0.2) is 6.58 Å². The van der Waals surface area contributed by atoms with Crippen LogP contribution in [0, 0.1) is 29.7 Å². The number of allylic oxidation sites excluding steroid dienone is 1. The summed E-state index contributed by atoms with van der Waals surface area (Å²) in [6.45, 7) is 6.10. The molecule has 1 aromatic heterocycles. The first-order valence-electron chi connectivity index (χ1n) is 9.42. The Morgan fingerprint density at radius 3 is 2.76 bits per heavy atom. The fraction of sp³-hybridized carbons (Fsp3) is 0.227. The van der Waals surface area contributed by atoms with Crippen molar-refractivity contribution >= 4 is 40.5 Å². The first kappa shape index (κ1) is 27.1. The fourth-order valence-electron chi connectivity index (χ4n) is 2.52. The number of carbonyl (C=O) groups excluding carboxylic acids is 1. The molecule has 1 fully saturated rings. The minimum atomic E-state index is -4.63. The molecule has 1 amide bonds. The Balaban J connectivity index is 0.00000408. The number of hydrogen-bond acceptors (Lipinski definition) is 6. The van der Waals surface area contributed by atoms with E-state index in [2.05, 4.69) is 38.6 Å². The second kappa shape index (κ2) is 11.8. The molecular formula is C22H16F3LiN5O2S-. The maximum atomic E-state index is 13.2. The molecule has 0 spiro atoms. The number of benzene rings is 1. The zero-order valence-corrected chi connectivity index (χ0v) is 19.0. The van der Waals surface area contributed by atoms with Gasteiger partial charge in [-0.3, -0.25) is 4.79 Å². The number of ether oxygens (including phenoxy) is 1. The SMILES string of the molecule is [CH-]=C(/C(=C\[C-]=NC=N)C(=O)Nc1nnc(C#CC2CC2)s1)c1cc(C(F)(F)F)ccc1OC.[Li+]. The number of aliphatic imine (C=N–C) groups is 1. The van der Waals surface area contributed by atoms with E-state index < -0.39 is 17.6 Å². The van der Waals surface area contributed by atoms with Gasteiger partial charge < -0.3 is 20.5 Å². The number of amides is 1. The predicted octanol–water partition coefficient (Wildman–Crippen LogP) is 1.27. The maximum absolute atomic E-state index is 13.2. The molecule has 170 valence electrons. The summed E-state index contributed by atoms with van der Waals surface area (Å²) in [5.74, 6) is 5.50. The molecule has 2 N–H and O–H groups in total. The minimum Gasteiger partial charge on any atom is -0.509 e. The van der Waals surface area contributed by atoms with Gasteiger partial charge in [-0.2, -0.15) is 18.7 Å². The van der Waals surface area contributed by atoms with E-state index in [1.165, 1.54) is 7.11 Å². The van der Waals surface area contributed by atoms with E-state index >= 15 is 0 Å². The van der Waals surface area contributed by atoms with Gasteiger partial charge in [0.15, 0.2) is 5.01 Å². The van der Waals surface area contributed by atoms with E-state index in [1.807, 2.05) is 0 Å². The van der Waals surface area contributed by atoms with Crippen LogP contribution in [-0.4, -0.2) is 35.8 Å². The van der Waals surface area contributed by atoms with Crippen LogP contribution in [0.5, 0.6) is 5.75 Å². The molecule has 1 heterocycles. The largest absolute Gasteiger partial charge is 1.00 e. The molecule has 12 heteroatoms. The van der Waals surface area contributed by atoms with Crippen LogP contribution in [0.3, 0.4) is 0 Å². The molecule has 0 bridgehead atoms. The smallest absolute Gasteiger partial charge is 0.509 e. The van der Waals surface area contributed by atoms with Crippen LogP contribution in [0.1, 0.15) is 29.0 Å². The third-order valence-electron chi connectivity index (χ3n) is 4.31. The van der Waals surface area contributed by atoms with Gasteiger partial charge in [-0.05, 0) is 30.9 Å². The number of aromatic nitrogens is 2. The van der Waals surface area contributed by atoms with Gasteiger partial charge in [0, 0.05) is 17.8 Å². The van der Waals surface area contributed by atoms with E-state index in [0.29, 0.717) is 17.3 Å². The molecule has 0 atom stereocenters. The molecular weight excluding hydrogens is 462 g/mol. The molecule has 0 radical (unpaired) electrons. The molecule has 1 saturated carbocycles. The van der Waals surface area contributed by atoms with Gasteiger partial charge in [0.1, 0.15) is 0 Å². The van der Waals surface area contributed by atoms with Crippen LogP contribution in [0.4, 0.5) is 18.3 Å². The second-order valence-corrected chi connectivity index (χ2v) is 7.66. The van der Waals surface area contributed by atoms with Crippen LogP contribution in [0.25, 0.3) is 5.57 Å². The van der Waals surface area contributed by atoms with Crippen LogP contribution in [0.15, 0.2) is 34.8 Å². The minimum absolute atomic E-state index is 0. The summed E-state index contributed by atoms with van der Waals surface area (Å²) >= 11 is 1.04. The average Bonchev–Trinajstić information content (AvgIpc) is 3.51. The Hall–Kier alpha value is -3.18. The van der Waals surface area contributed by atoms with Gasteiger partial charge in [0.25, 0.3) is 0 Å². The first-order chi connectivity index (χ1) is 15.7. The summed E-state index contributed by atoms with van der Waals surface area (Å²) in [4.78, 5) is 16.3. The monoisotopic (exact) mass is 478 g/mol. The molecule has 1 aliphatic rings. The summed E-state index contributed by atoms with van der Waals surface area (Å²) in [6, 6.07) is 2.72. The van der Waals surface area contributed by atoms with Gasteiger partial charge in [-0.15, -0.1) is 16.3 Å². The predicted molar refractivity (Wildman–Crippen MR) is 118 cm³/mol. The van der Waals surface area contributed by atoms with Crippen molar-refractivity contribution in [3.05, 3.63) is 52.6 Å². The first-order valence-corrected chi connectivity index (χ1v) is 10.2. The van der Waals surface area contributed by atoms with Gasteiger partial charge in [0.2, 0.25) is 11.0 Å². The number of methoxy groups -OCH3 is 1. The zero-order chi connectivity index (χ0) is 24.0. The Kier molecular flexibility index (Phi) is 9.39. The number of alkyl halides is 3. The van der Waals surface area contributed by atoms with Crippen molar-refractivity contribution in [2.75, 3.05) is 12.4 Å². The number of hydrogen-bond donors (Lipinski definition) is 2. The van der Waals surface area contributed by atoms with E-state index in [-0.39, 0.29) is 46.5 Å². The van der Waals surface area contributed by atoms with Crippen molar-refractivity contribution < 1.29 is 41.6 Å². The summed E-state index contributed by atoms with van der Waals surface area (Å²) < 4.78 is 44.8. The summed E-state index contributed by atoms with van der Waals surface area (Å²) in [6.07, 6.45) is 1.50. The van der Waals surface area contributed by atoms with Crippen LogP contribution >= 0.6 is 11.3 Å². The Morgan fingerprint density at radius 1 is 1.41 bits per heavy atom. The summed E-state index contributed by atoms with van der Waals surface area (Å²) in [5, 5.41) is 17.7. The van der Waals surface area contributed by atoms with Crippen molar-refractivity contribution in [1.29, 1.82) is 5.41 Å². The van der Waals surface area contributed by atoms with Gasteiger partial charge in [-0.1, -0.05) is 40.7 Å². The number of anilines is 1. The van der Waals surface area contributed by atoms with E-state index in [1.54, 1.807) is 0 Å². The molecule has 0 saturated heterocycles. The molecule has 2 aromatic rings. The third kappa shape index (κ3) is 7.16. The zero-order valence-electron chi connectivity index (χ0n) is 18.2. The van der Waals surface area contributed by atoms with Crippen LogP contribution < -0.4 is 28.9 Å². The fourth-order valence-corrected chi connectivity index (χ4v) is 3.12. The van der Waals surface area contributed by atoms with Crippen molar-refractivity contribution in [1.82, 2.24) is 10.2 Å². The summed E-state index contributed by atoms with van der Waals surface area (Å²) in [5.41, 5.74) is -1.71. The molecule has 7 nitrogen and oxygen atoms in total. The van der Waals surface area contributed by atoms with Gasteiger partial charge >= 0.3 is 25.0 Å². The quantitative estimate of drug-likeness (QED) is 0.119. The Bertz CT molecular complexity index is 1210. The molecule has 1 aromatic carbocycles. The van der Waals surface area contributed by atoms with Crippen molar-refractivity contribution in [3.63, 3.8) is 0 Å². The molecule has 34 heavy (non-hydrogen) atoms. The number of rotatable bonds is 7. The second-order valence-electron chi connectivity index (χ2n) is 6.68. The molecule has 3 rings (SSSR count). The topological polar surface area (TPSA) is 100 Å². The standard InChI is InChI=1S/C22H16F3N5O2S.Li/c1-13(17-11-15(22(23,24)25)6-7-18(17)32-2)16(9-10-27-12-26)20(31)28-21-30-29-19(33-21)8-5-14-3-4-14;/h1,6-7,9,11-12,14,26H,3-4H2,2H3,(H,28,30,31);/q-2;+1/b16-9+,26-12?;. The van der Waals surface area contributed by atoms with E-state index in [4.69, 9.17) is 16.7 Å². The van der Waals surface area contributed by atoms with Crippen LogP contribution in [-0.2, 0) is 11.0 Å². The number of halogens is 3. The Labute approximate surface area is 209 Å². The normalized spacial score (nSPS) is 13.5. The third-order valence-corrected chi connectivity index (χ3v) is 5.06. The molecule has 1 aliphatic carbocycles. The molecule has 0 aliphatic heterocycles. The van der Waals surface area contributed by atoms with E-state index in [0.717, 1.165) is 48.5 Å². The van der Waals surface area contributed by atoms with Crippen molar-refractivity contribution in [3.8, 4) is 17.6 Å². The average molecular weight is 478 g/mol. The number of nitrogens with one attached hydrogen (secondary N) is 2. The summed E-state index contributed by atoms with van der Waals surface area (Å²) in [7, 11) is 1.26. The molecule has 0 unspecified atom stereocenters. The van der Waals surface area contributed by atoms with Crippen LogP contribution in [0.2, 0.25) is 0 Å².